The summed E-state index contributed by atoms with van der Waals surface area (Å²) in [6, 6.07) is 14.6. The van der Waals surface area contributed by atoms with Gasteiger partial charge in [-0.25, -0.2) is 0 Å². The van der Waals surface area contributed by atoms with Gasteiger partial charge in [-0.2, -0.15) is 0 Å². The number of hydrogen-bond acceptors (Lipinski definition) is 4. The van der Waals surface area contributed by atoms with Gasteiger partial charge >= 0.3 is 0 Å². The maximum absolute atomic E-state index is 12.1. The average Bonchev–Trinajstić information content (AvgIpc) is 2.61. The molecule has 0 unspecified atom stereocenters. The fourth-order valence-corrected chi connectivity index (χ4v) is 2.53. The summed E-state index contributed by atoms with van der Waals surface area (Å²) < 4.78 is 5.58. The summed E-state index contributed by atoms with van der Waals surface area (Å²) in [5.41, 5.74) is 2.26. The molecule has 0 aliphatic carbocycles. The Morgan fingerprint density at radius 3 is 1.82 bits per heavy atom. The van der Waals surface area contributed by atoms with E-state index in [-0.39, 0.29) is 24.5 Å². The van der Waals surface area contributed by atoms with Gasteiger partial charge in [0.25, 0.3) is 0 Å². The second kappa shape index (κ2) is 10.3. The predicted molar refractivity (Wildman–Crippen MR) is 114 cm³/mol. The average molecular weight is 383 g/mol. The number of amides is 2. The van der Waals surface area contributed by atoms with Crippen LogP contribution in [0.25, 0.3) is 0 Å². The fraction of sp³-hybridized carbons (Fsp3) is 0.364. The van der Waals surface area contributed by atoms with E-state index in [0.717, 1.165) is 17.1 Å². The molecule has 0 atom stereocenters. The first kappa shape index (κ1) is 21.3. The molecule has 6 nitrogen and oxygen atoms in total. The Balaban J connectivity index is 1.78. The number of anilines is 3. The standard InChI is InChI=1S/C22H29N3O3/c1-15(2)13-21(26)24-18-7-5-17(6-8-18)23-14-22(27)25-19-9-11-20(12-10-19)28-16(3)4/h5-12,15-16,23H,13-14H2,1-4H3,(H,24,26)(H,25,27). The number of nitrogens with one attached hydrogen (secondary N) is 3. The van der Waals surface area contributed by atoms with Gasteiger partial charge in [-0.15, -0.1) is 0 Å². The Hall–Kier alpha value is -3.02. The molecule has 2 rings (SSSR count). The summed E-state index contributed by atoms with van der Waals surface area (Å²) >= 11 is 0. The molecule has 2 aromatic carbocycles. The first-order valence-corrected chi connectivity index (χ1v) is 9.52. The van der Waals surface area contributed by atoms with Gasteiger partial charge < -0.3 is 20.7 Å². The summed E-state index contributed by atoms with van der Waals surface area (Å²) in [6.07, 6.45) is 0.602. The molecule has 0 saturated carbocycles. The normalized spacial score (nSPS) is 10.6. The van der Waals surface area contributed by atoms with Gasteiger partial charge in [0.2, 0.25) is 11.8 Å². The summed E-state index contributed by atoms with van der Waals surface area (Å²) in [5.74, 6) is 0.942. The number of carbonyl (C=O) groups is 2. The van der Waals surface area contributed by atoms with Gasteiger partial charge in [0.05, 0.1) is 12.6 Å². The molecule has 0 aliphatic heterocycles. The summed E-state index contributed by atoms with van der Waals surface area (Å²) in [5, 5.41) is 8.76. The molecule has 0 saturated heterocycles. The maximum Gasteiger partial charge on any atom is 0.243 e. The molecule has 150 valence electrons. The van der Waals surface area contributed by atoms with Crippen LogP contribution in [0.2, 0.25) is 0 Å². The minimum Gasteiger partial charge on any atom is -0.491 e. The van der Waals surface area contributed by atoms with E-state index in [1.165, 1.54) is 0 Å². The minimum atomic E-state index is -0.146. The zero-order valence-electron chi connectivity index (χ0n) is 16.9. The van der Waals surface area contributed by atoms with Crippen LogP contribution >= 0.6 is 0 Å². The highest BCUT2D eigenvalue weighted by molar-refractivity contribution is 5.94. The summed E-state index contributed by atoms with van der Waals surface area (Å²) in [7, 11) is 0. The van der Waals surface area contributed by atoms with Gasteiger partial charge in [0, 0.05) is 23.5 Å². The van der Waals surface area contributed by atoms with Crippen LogP contribution in [-0.2, 0) is 9.59 Å². The van der Waals surface area contributed by atoms with Gasteiger partial charge in [-0.05, 0) is 68.3 Å². The van der Waals surface area contributed by atoms with E-state index in [1.807, 2.05) is 76.2 Å². The van der Waals surface area contributed by atoms with Gasteiger partial charge in [-0.3, -0.25) is 9.59 Å². The van der Waals surface area contributed by atoms with Crippen molar-refractivity contribution in [3.05, 3.63) is 48.5 Å². The second-order valence-electron chi connectivity index (χ2n) is 7.32. The fourth-order valence-electron chi connectivity index (χ4n) is 2.53. The van der Waals surface area contributed by atoms with E-state index in [2.05, 4.69) is 16.0 Å². The molecule has 0 spiro atoms. The predicted octanol–water partition coefficient (Wildman–Crippen LogP) is 4.51. The summed E-state index contributed by atoms with van der Waals surface area (Å²) in [6.45, 7) is 8.08. The van der Waals surface area contributed by atoms with Crippen molar-refractivity contribution in [1.82, 2.24) is 0 Å². The Bertz CT molecular complexity index is 769. The SMILES string of the molecule is CC(C)CC(=O)Nc1ccc(NCC(=O)Nc2ccc(OC(C)C)cc2)cc1. The van der Waals surface area contributed by atoms with Crippen LogP contribution in [0.15, 0.2) is 48.5 Å². The minimum absolute atomic E-state index is 0.0000929. The van der Waals surface area contributed by atoms with Gasteiger partial charge in [0.15, 0.2) is 0 Å². The van der Waals surface area contributed by atoms with Crippen LogP contribution < -0.4 is 20.7 Å². The Kier molecular flexibility index (Phi) is 7.87. The lowest BCUT2D eigenvalue weighted by Crippen LogP contribution is -2.21. The molecule has 0 aromatic heterocycles. The molecular formula is C22H29N3O3. The monoisotopic (exact) mass is 383 g/mol. The van der Waals surface area contributed by atoms with E-state index >= 15 is 0 Å². The topological polar surface area (TPSA) is 79.5 Å². The third-order valence-corrected chi connectivity index (χ3v) is 3.73. The first-order chi connectivity index (χ1) is 13.3. The lowest BCUT2D eigenvalue weighted by molar-refractivity contribution is -0.117. The lowest BCUT2D eigenvalue weighted by Gasteiger charge is -2.11. The Labute approximate surface area is 166 Å². The van der Waals surface area contributed by atoms with Crippen molar-refractivity contribution >= 4 is 28.9 Å². The number of benzene rings is 2. The van der Waals surface area contributed by atoms with Gasteiger partial charge in [-0.1, -0.05) is 13.8 Å². The van der Waals surface area contributed by atoms with Crippen LogP contribution in [0.3, 0.4) is 0 Å². The highest BCUT2D eigenvalue weighted by Gasteiger charge is 2.06. The molecule has 0 heterocycles. The van der Waals surface area contributed by atoms with E-state index in [4.69, 9.17) is 4.74 Å². The molecular weight excluding hydrogens is 354 g/mol. The van der Waals surface area contributed by atoms with Crippen LogP contribution in [0.1, 0.15) is 34.1 Å². The first-order valence-electron chi connectivity index (χ1n) is 9.52. The van der Waals surface area contributed by atoms with Crippen LogP contribution in [0, 0.1) is 5.92 Å². The van der Waals surface area contributed by atoms with Crippen LogP contribution in [0.4, 0.5) is 17.1 Å². The third-order valence-electron chi connectivity index (χ3n) is 3.73. The quantitative estimate of drug-likeness (QED) is 0.595. The second-order valence-corrected chi connectivity index (χ2v) is 7.32. The molecule has 0 fully saturated rings. The number of carbonyl (C=O) groups excluding carboxylic acids is 2. The zero-order valence-corrected chi connectivity index (χ0v) is 16.9. The molecule has 6 heteroatoms. The van der Waals surface area contributed by atoms with Crippen molar-refractivity contribution in [2.24, 2.45) is 5.92 Å². The largest absolute Gasteiger partial charge is 0.491 e. The number of rotatable bonds is 9. The highest BCUT2D eigenvalue weighted by Crippen LogP contribution is 2.17. The molecule has 0 bridgehead atoms. The Morgan fingerprint density at radius 2 is 1.29 bits per heavy atom. The molecule has 2 amide bonds. The maximum atomic E-state index is 12.1. The molecule has 28 heavy (non-hydrogen) atoms. The van der Waals surface area contributed by atoms with Crippen molar-refractivity contribution in [3.8, 4) is 5.75 Å². The molecule has 0 radical (unpaired) electrons. The van der Waals surface area contributed by atoms with Crippen LogP contribution in [0.5, 0.6) is 5.75 Å². The third kappa shape index (κ3) is 7.70. The van der Waals surface area contributed by atoms with Crippen molar-refractivity contribution < 1.29 is 14.3 Å². The van der Waals surface area contributed by atoms with Crippen molar-refractivity contribution in [3.63, 3.8) is 0 Å². The van der Waals surface area contributed by atoms with Crippen molar-refractivity contribution in [2.45, 2.75) is 40.2 Å². The summed E-state index contributed by atoms with van der Waals surface area (Å²) in [4.78, 5) is 23.9. The lowest BCUT2D eigenvalue weighted by atomic mass is 10.1. The molecule has 2 aromatic rings. The van der Waals surface area contributed by atoms with E-state index in [9.17, 15) is 9.59 Å². The molecule has 0 aliphatic rings. The number of ether oxygens (including phenoxy) is 1. The van der Waals surface area contributed by atoms with Crippen molar-refractivity contribution in [2.75, 3.05) is 22.5 Å². The smallest absolute Gasteiger partial charge is 0.243 e. The van der Waals surface area contributed by atoms with Crippen LogP contribution in [-0.4, -0.2) is 24.5 Å². The van der Waals surface area contributed by atoms with E-state index in [0.29, 0.717) is 18.0 Å². The zero-order chi connectivity index (χ0) is 20.5. The highest BCUT2D eigenvalue weighted by atomic mass is 16.5. The molecule has 3 N–H and O–H groups in total. The Morgan fingerprint density at radius 1 is 0.786 bits per heavy atom. The number of hydrogen-bond donors (Lipinski definition) is 3. The van der Waals surface area contributed by atoms with Crippen molar-refractivity contribution in [1.29, 1.82) is 0 Å². The van der Waals surface area contributed by atoms with Gasteiger partial charge in [0.1, 0.15) is 5.75 Å². The van der Waals surface area contributed by atoms with E-state index in [1.54, 1.807) is 0 Å². The van der Waals surface area contributed by atoms with E-state index < -0.39 is 0 Å².